The van der Waals surface area contributed by atoms with Crippen LogP contribution in [-0.2, 0) is 17.8 Å². The molecule has 1 aromatic heterocycles. The van der Waals surface area contributed by atoms with Crippen LogP contribution in [-0.4, -0.2) is 77.3 Å². The van der Waals surface area contributed by atoms with Gasteiger partial charge in [0.25, 0.3) is 11.8 Å². The average Bonchev–Trinajstić information content (AvgIpc) is 3.13. The van der Waals surface area contributed by atoms with Crippen LogP contribution in [0.1, 0.15) is 33.0 Å². The summed E-state index contributed by atoms with van der Waals surface area (Å²) < 4.78 is 6.98. The summed E-state index contributed by atoms with van der Waals surface area (Å²) in [5, 5.41) is 7.96. The molecular formula is C21H26ClN5O3. The van der Waals surface area contributed by atoms with Gasteiger partial charge in [0.1, 0.15) is 5.69 Å². The predicted octanol–water partition coefficient (Wildman–Crippen LogP) is 1.64. The number of hydrogen-bond donors (Lipinski definition) is 1. The molecule has 3 heterocycles. The maximum atomic E-state index is 13.1. The van der Waals surface area contributed by atoms with Crippen LogP contribution in [0, 0.1) is 0 Å². The number of fused-ring (bicyclic) bond motifs is 1. The minimum Gasteiger partial charge on any atom is -0.379 e. The van der Waals surface area contributed by atoms with Gasteiger partial charge in [-0.25, -0.2) is 0 Å². The molecule has 30 heavy (non-hydrogen) atoms. The van der Waals surface area contributed by atoms with Crippen molar-refractivity contribution in [2.45, 2.75) is 19.5 Å². The fourth-order valence-electron chi connectivity index (χ4n) is 3.75. The molecule has 1 saturated heterocycles. The normalized spacial score (nSPS) is 17.5. The van der Waals surface area contributed by atoms with Crippen LogP contribution in [0.15, 0.2) is 30.3 Å². The standard InChI is InChI=1S/C21H26ClN5O3/c22-17-4-2-16(3-5-17)15-26-7-1-8-27-19(21(26)29)14-18(24-27)20(28)23-6-9-25-10-12-30-13-11-25/h2-5,14H,1,6-13,15H2,(H,23,28). The number of morpholine rings is 1. The maximum Gasteiger partial charge on any atom is 0.272 e. The second kappa shape index (κ2) is 9.59. The minimum absolute atomic E-state index is 0.109. The molecular weight excluding hydrogens is 406 g/mol. The Kier molecular flexibility index (Phi) is 6.66. The summed E-state index contributed by atoms with van der Waals surface area (Å²) in [5.74, 6) is -0.358. The Morgan fingerprint density at radius 3 is 2.67 bits per heavy atom. The number of hydrogen-bond acceptors (Lipinski definition) is 5. The number of nitrogens with one attached hydrogen (secondary N) is 1. The highest BCUT2D eigenvalue weighted by Crippen LogP contribution is 2.18. The van der Waals surface area contributed by atoms with Gasteiger partial charge in [-0.1, -0.05) is 23.7 Å². The smallest absolute Gasteiger partial charge is 0.272 e. The van der Waals surface area contributed by atoms with Gasteiger partial charge in [-0.15, -0.1) is 0 Å². The summed E-state index contributed by atoms with van der Waals surface area (Å²) >= 11 is 5.95. The van der Waals surface area contributed by atoms with Crippen LogP contribution in [0.3, 0.4) is 0 Å². The van der Waals surface area contributed by atoms with E-state index in [1.165, 1.54) is 0 Å². The molecule has 4 rings (SSSR count). The van der Waals surface area contributed by atoms with Gasteiger partial charge in [0.15, 0.2) is 5.69 Å². The monoisotopic (exact) mass is 431 g/mol. The van der Waals surface area contributed by atoms with Gasteiger partial charge in [0.2, 0.25) is 0 Å². The first-order valence-corrected chi connectivity index (χ1v) is 10.7. The predicted molar refractivity (Wildman–Crippen MR) is 113 cm³/mol. The van der Waals surface area contributed by atoms with Gasteiger partial charge < -0.3 is 15.0 Å². The summed E-state index contributed by atoms with van der Waals surface area (Å²) in [7, 11) is 0. The van der Waals surface area contributed by atoms with E-state index in [9.17, 15) is 9.59 Å². The van der Waals surface area contributed by atoms with E-state index in [4.69, 9.17) is 16.3 Å². The molecule has 2 amide bonds. The van der Waals surface area contributed by atoms with Crippen LogP contribution >= 0.6 is 11.6 Å². The Morgan fingerprint density at radius 1 is 1.13 bits per heavy atom. The molecule has 1 fully saturated rings. The Bertz CT molecular complexity index is 893. The van der Waals surface area contributed by atoms with Crippen molar-refractivity contribution in [1.82, 2.24) is 24.9 Å². The number of benzene rings is 1. The molecule has 2 aliphatic rings. The third kappa shape index (κ3) is 5.00. The third-order valence-electron chi connectivity index (χ3n) is 5.42. The fraction of sp³-hybridized carbons (Fsp3) is 0.476. The molecule has 0 spiro atoms. The lowest BCUT2D eigenvalue weighted by Gasteiger charge is -2.26. The summed E-state index contributed by atoms with van der Waals surface area (Å²) in [5.41, 5.74) is 1.76. The van der Waals surface area contributed by atoms with Crippen LogP contribution in [0.2, 0.25) is 5.02 Å². The second-order valence-electron chi connectivity index (χ2n) is 7.55. The summed E-state index contributed by atoms with van der Waals surface area (Å²) in [4.78, 5) is 29.6. The number of rotatable bonds is 6. The Balaban J connectivity index is 1.38. The van der Waals surface area contributed by atoms with Crippen LogP contribution < -0.4 is 5.32 Å². The molecule has 0 saturated carbocycles. The number of halogens is 1. The molecule has 160 valence electrons. The molecule has 0 atom stereocenters. The van der Waals surface area contributed by atoms with Crippen molar-refractivity contribution in [2.75, 3.05) is 45.9 Å². The largest absolute Gasteiger partial charge is 0.379 e. The van der Waals surface area contributed by atoms with Gasteiger partial charge in [-0.2, -0.15) is 5.10 Å². The molecule has 1 aromatic carbocycles. The van der Waals surface area contributed by atoms with Gasteiger partial charge >= 0.3 is 0 Å². The number of amides is 2. The van der Waals surface area contributed by atoms with Gasteiger partial charge in [0, 0.05) is 56.9 Å². The molecule has 2 aliphatic heterocycles. The van der Waals surface area contributed by atoms with Crippen molar-refractivity contribution in [3.63, 3.8) is 0 Å². The van der Waals surface area contributed by atoms with Crippen molar-refractivity contribution in [3.8, 4) is 0 Å². The van der Waals surface area contributed by atoms with Crippen LogP contribution in [0.4, 0.5) is 0 Å². The van der Waals surface area contributed by atoms with Crippen molar-refractivity contribution in [2.24, 2.45) is 0 Å². The van der Waals surface area contributed by atoms with Gasteiger partial charge in [0.05, 0.1) is 13.2 Å². The number of aromatic nitrogens is 2. The third-order valence-corrected chi connectivity index (χ3v) is 5.67. The van der Waals surface area contributed by atoms with E-state index in [-0.39, 0.29) is 17.5 Å². The lowest BCUT2D eigenvalue weighted by atomic mass is 10.2. The minimum atomic E-state index is -0.249. The first-order chi connectivity index (χ1) is 14.6. The van der Waals surface area contributed by atoms with Gasteiger partial charge in [-0.05, 0) is 24.1 Å². The molecule has 0 radical (unpaired) electrons. The molecule has 0 bridgehead atoms. The molecule has 9 heteroatoms. The Hall–Kier alpha value is -2.42. The van der Waals surface area contributed by atoms with Gasteiger partial charge in [-0.3, -0.25) is 19.2 Å². The molecule has 1 N–H and O–H groups in total. The Morgan fingerprint density at radius 2 is 1.90 bits per heavy atom. The zero-order chi connectivity index (χ0) is 20.9. The van der Waals surface area contributed by atoms with E-state index >= 15 is 0 Å². The lowest BCUT2D eigenvalue weighted by molar-refractivity contribution is 0.0383. The number of aryl methyl sites for hydroxylation is 1. The highest BCUT2D eigenvalue weighted by atomic mass is 35.5. The number of carbonyl (C=O) groups excluding carboxylic acids is 2. The fourth-order valence-corrected chi connectivity index (χ4v) is 3.88. The van der Waals surface area contributed by atoms with Crippen molar-refractivity contribution < 1.29 is 14.3 Å². The molecule has 0 aliphatic carbocycles. The number of ether oxygens (including phenoxy) is 1. The highest BCUT2D eigenvalue weighted by Gasteiger charge is 2.26. The van der Waals surface area contributed by atoms with E-state index in [2.05, 4.69) is 15.3 Å². The average molecular weight is 432 g/mol. The highest BCUT2D eigenvalue weighted by molar-refractivity contribution is 6.30. The maximum absolute atomic E-state index is 13.1. The SMILES string of the molecule is O=C(NCCN1CCOCC1)c1cc2n(n1)CCCN(Cc1ccc(Cl)cc1)C2=O. The van der Waals surface area contributed by atoms with Crippen molar-refractivity contribution in [1.29, 1.82) is 0 Å². The van der Waals surface area contributed by atoms with Crippen LogP contribution in [0.5, 0.6) is 0 Å². The summed E-state index contributed by atoms with van der Waals surface area (Å²) in [6, 6.07) is 9.09. The quantitative estimate of drug-likeness (QED) is 0.752. The molecule has 0 unspecified atom stereocenters. The topological polar surface area (TPSA) is 79.7 Å². The van der Waals surface area contributed by atoms with Crippen LogP contribution in [0.25, 0.3) is 0 Å². The summed E-state index contributed by atoms with van der Waals surface area (Å²) in [6.45, 7) is 6.30. The second-order valence-corrected chi connectivity index (χ2v) is 7.99. The molecule has 8 nitrogen and oxygen atoms in total. The Labute approximate surface area is 180 Å². The van der Waals surface area contributed by atoms with E-state index in [1.807, 2.05) is 24.3 Å². The van der Waals surface area contributed by atoms with E-state index < -0.39 is 0 Å². The zero-order valence-corrected chi connectivity index (χ0v) is 17.6. The van der Waals surface area contributed by atoms with E-state index in [0.717, 1.165) is 44.8 Å². The lowest BCUT2D eigenvalue weighted by Crippen LogP contribution is -2.41. The number of nitrogens with zero attached hydrogens (tertiary/aromatic N) is 4. The molecule has 2 aromatic rings. The van der Waals surface area contributed by atoms with Crippen molar-refractivity contribution in [3.05, 3.63) is 52.3 Å². The zero-order valence-electron chi connectivity index (χ0n) is 16.8. The number of carbonyl (C=O) groups is 2. The van der Waals surface area contributed by atoms with E-state index in [0.29, 0.717) is 36.9 Å². The first-order valence-electron chi connectivity index (χ1n) is 10.3. The van der Waals surface area contributed by atoms with Crippen molar-refractivity contribution >= 4 is 23.4 Å². The van der Waals surface area contributed by atoms with E-state index in [1.54, 1.807) is 15.6 Å². The first kappa shape index (κ1) is 20.8. The summed E-state index contributed by atoms with van der Waals surface area (Å²) in [6.07, 6.45) is 0.784.